The lowest BCUT2D eigenvalue weighted by Crippen LogP contribution is -2.37. The minimum absolute atomic E-state index is 0.00211. The van der Waals surface area contributed by atoms with Crippen molar-refractivity contribution in [2.75, 3.05) is 13.2 Å². The Kier molecular flexibility index (Phi) is 5.67. The Labute approximate surface area is 168 Å². The number of hydrogen-bond donors (Lipinski definition) is 1. The first-order chi connectivity index (χ1) is 14.1. The number of aryl methyl sites for hydroxylation is 1. The molecule has 0 aliphatic carbocycles. The predicted octanol–water partition coefficient (Wildman–Crippen LogP) is 2.90. The third-order valence-corrected chi connectivity index (χ3v) is 5.28. The summed E-state index contributed by atoms with van der Waals surface area (Å²) in [6.45, 7) is 1.71. The Morgan fingerprint density at radius 2 is 1.97 bits per heavy atom. The third-order valence-electron chi connectivity index (χ3n) is 5.28. The van der Waals surface area contributed by atoms with E-state index in [1.165, 1.54) is 4.57 Å². The second kappa shape index (κ2) is 8.53. The van der Waals surface area contributed by atoms with E-state index in [4.69, 9.17) is 9.15 Å². The van der Waals surface area contributed by atoms with Crippen LogP contribution in [0.15, 0.2) is 57.7 Å². The van der Waals surface area contributed by atoms with E-state index in [2.05, 4.69) is 0 Å². The molecule has 1 N–H and O–H groups in total. The van der Waals surface area contributed by atoms with Crippen LogP contribution in [-0.2, 0) is 22.6 Å². The molecule has 1 aliphatic heterocycles. The molecule has 3 aromatic rings. The molecule has 1 saturated heterocycles. The lowest BCUT2D eigenvalue weighted by molar-refractivity contribution is -0.133. The van der Waals surface area contributed by atoms with Gasteiger partial charge < -0.3 is 19.2 Å². The number of hydrogen-bond acceptors (Lipinski definition) is 5. The fraction of sp³-hybridized carbons (Fsp3) is 0.364. The maximum absolute atomic E-state index is 13.0. The maximum Gasteiger partial charge on any atom is 0.419 e. The zero-order valence-electron chi connectivity index (χ0n) is 16.1. The number of phenolic OH excluding ortho intramolecular Hbond substituents is 1. The number of nitrogens with zero attached hydrogens (tertiary/aromatic N) is 2. The van der Waals surface area contributed by atoms with E-state index in [0.29, 0.717) is 36.4 Å². The molecule has 0 spiro atoms. The van der Waals surface area contributed by atoms with E-state index in [9.17, 15) is 14.7 Å². The van der Waals surface area contributed by atoms with Crippen LogP contribution in [0.4, 0.5) is 0 Å². The first kappa shape index (κ1) is 19.3. The van der Waals surface area contributed by atoms with Gasteiger partial charge in [0.1, 0.15) is 5.75 Å². The summed E-state index contributed by atoms with van der Waals surface area (Å²) in [6, 6.07) is 14.2. The molecule has 0 bridgehead atoms. The van der Waals surface area contributed by atoms with E-state index in [0.717, 1.165) is 12.8 Å². The molecule has 1 atom stereocenters. The molecule has 1 amide bonds. The molecule has 1 unspecified atom stereocenters. The van der Waals surface area contributed by atoms with Crippen molar-refractivity contribution in [3.63, 3.8) is 0 Å². The molecule has 4 rings (SSSR count). The number of amides is 1. The monoisotopic (exact) mass is 396 g/mol. The van der Waals surface area contributed by atoms with Gasteiger partial charge in [0.05, 0.1) is 11.6 Å². The summed E-state index contributed by atoms with van der Waals surface area (Å²) >= 11 is 0. The molecule has 1 fully saturated rings. The van der Waals surface area contributed by atoms with E-state index in [-0.39, 0.29) is 30.7 Å². The van der Waals surface area contributed by atoms with Gasteiger partial charge in [0, 0.05) is 38.2 Å². The number of ether oxygens (including phenoxy) is 1. The van der Waals surface area contributed by atoms with Gasteiger partial charge in [0.25, 0.3) is 0 Å². The van der Waals surface area contributed by atoms with Crippen LogP contribution in [-0.4, -0.2) is 39.7 Å². The third kappa shape index (κ3) is 4.35. The highest BCUT2D eigenvalue weighted by molar-refractivity contribution is 5.77. The topological polar surface area (TPSA) is 84.9 Å². The highest BCUT2D eigenvalue weighted by Crippen LogP contribution is 2.21. The van der Waals surface area contributed by atoms with Crippen LogP contribution in [0.5, 0.6) is 5.75 Å². The summed E-state index contributed by atoms with van der Waals surface area (Å²) in [7, 11) is 0. The van der Waals surface area contributed by atoms with Crippen LogP contribution in [0, 0.1) is 0 Å². The Hall–Kier alpha value is -3.06. The number of phenols is 1. The molecule has 2 aromatic carbocycles. The molecule has 2 heterocycles. The molecule has 1 aromatic heterocycles. The van der Waals surface area contributed by atoms with Gasteiger partial charge in [-0.3, -0.25) is 9.36 Å². The Morgan fingerprint density at radius 1 is 1.17 bits per heavy atom. The molecule has 0 radical (unpaired) electrons. The molecule has 0 saturated carbocycles. The van der Waals surface area contributed by atoms with Gasteiger partial charge in [0.15, 0.2) is 5.58 Å². The number of aromatic hydroxyl groups is 1. The van der Waals surface area contributed by atoms with Gasteiger partial charge in [0.2, 0.25) is 5.91 Å². The van der Waals surface area contributed by atoms with Gasteiger partial charge in [-0.1, -0.05) is 30.3 Å². The van der Waals surface area contributed by atoms with Gasteiger partial charge in [-0.25, -0.2) is 4.79 Å². The summed E-state index contributed by atoms with van der Waals surface area (Å²) in [5.74, 6) is -0.402. The second-order valence-electron chi connectivity index (χ2n) is 7.28. The number of oxazole rings is 1. The van der Waals surface area contributed by atoms with Crippen LogP contribution in [0.25, 0.3) is 11.1 Å². The molecule has 1 aliphatic rings. The normalized spacial score (nSPS) is 16.3. The van der Waals surface area contributed by atoms with Crippen molar-refractivity contribution in [2.24, 2.45) is 0 Å². The molecule has 29 heavy (non-hydrogen) atoms. The summed E-state index contributed by atoms with van der Waals surface area (Å²) < 4.78 is 12.4. The van der Waals surface area contributed by atoms with E-state index < -0.39 is 5.76 Å². The van der Waals surface area contributed by atoms with Gasteiger partial charge in [-0.2, -0.15) is 0 Å². The zero-order chi connectivity index (χ0) is 20.2. The summed E-state index contributed by atoms with van der Waals surface area (Å²) in [4.78, 5) is 26.9. The minimum atomic E-state index is -0.467. The highest BCUT2D eigenvalue weighted by atomic mass is 16.5. The van der Waals surface area contributed by atoms with Crippen molar-refractivity contribution in [3.05, 3.63) is 64.6 Å². The first-order valence-electron chi connectivity index (χ1n) is 9.86. The number of benzene rings is 2. The van der Waals surface area contributed by atoms with Gasteiger partial charge >= 0.3 is 5.76 Å². The zero-order valence-corrected chi connectivity index (χ0v) is 16.1. The molecule has 152 valence electrons. The quantitative estimate of drug-likeness (QED) is 0.664. The number of carbonyl (C=O) groups is 1. The fourth-order valence-electron chi connectivity index (χ4n) is 3.73. The van der Waals surface area contributed by atoms with Crippen LogP contribution < -0.4 is 5.76 Å². The highest BCUT2D eigenvalue weighted by Gasteiger charge is 2.24. The van der Waals surface area contributed by atoms with Crippen LogP contribution in [0.2, 0.25) is 0 Å². The van der Waals surface area contributed by atoms with Crippen molar-refractivity contribution < 1.29 is 19.1 Å². The van der Waals surface area contributed by atoms with Crippen molar-refractivity contribution in [1.29, 1.82) is 0 Å². The Balaban J connectivity index is 1.50. The number of carbonyl (C=O) groups excluding carboxylic acids is 1. The average Bonchev–Trinajstić information content (AvgIpc) is 3.34. The van der Waals surface area contributed by atoms with Crippen LogP contribution >= 0.6 is 0 Å². The largest absolute Gasteiger partial charge is 0.508 e. The van der Waals surface area contributed by atoms with Crippen LogP contribution in [0.1, 0.15) is 24.8 Å². The molecule has 7 heteroatoms. The molecular weight excluding hydrogens is 372 g/mol. The number of aromatic nitrogens is 1. The fourth-order valence-corrected chi connectivity index (χ4v) is 3.73. The smallest absolute Gasteiger partial charge is 0.419 e. The van der Waals surface area contributed by atoms with E-state index in [1.807, 2.05) is 12.1 Å². The lowest BCUT2D eigenvalue weighted by atomic mass is 10.1. The lowest BCUT2D eigenvalue weighted by Gasteiger charge is -2.26. The maximum atomic E-state index is 13.0. The second-order valence-corrected chi connectivity index (χ2v) is 7.28. The summed E-state index contributed by atoms with van der Waals surface area (Å²) in [5.41, 5.74) is 1.87. The Bertz CT molecular complexity index is 1050. The number of para-hydroxylation sites is 3. The van der Waals surface area contributed by atoms with Gasteiger partial charge in [-0.15, -0.1) is 0 Å². The Morgan fingerprint density at radius 3 is 2.76 bits per heavy atom. The standard InChI is InChI=1S/C22H24N2O5/c25-19-9-3-1-6-16(19)14-23(15-17-7-5-13-28-17)21(26)11-12-24-18-8-2-4-10-20(18)29-22(24)27/h1-4,6,8-10,17,25H,5,7,11-15H2. The molecular formula is C22H24N2O5. The van der Waals surface area contributed by atoms with Crippen molar-refractivity contribution >= 4 is 17.0 Å². The number of rotatable bonds is 7. The summed E-state index contributed by atoms with van der Waals surface area (Å²) in [6.07, 6.45) is 2.06. The SMILES string of the molecule is O=C(CCn1c(=O)oc2ccccc21)N(Cc1ccccc1O)CC1CCCO1. The van der Waals surface area contributed by atoms with Crippen molar-refractivity contribution in [1.82, 2.24) is 9.47 Å². The van der Waals surface area contributed by atoms with Gasteiger partial charge in [-0.05, 0) is 31.0 Å². The van der Waals surface area contributed by atoms with Crippen molar-refractivity contribution in [2.45, 2.75) is 38.5 Å². The van der Waals surface area contributed by atoms with E-state index in [1.54, 1.807) is 41.3 Å². The van der Waals surface area contributed by atoms with Crippen LogP contribution in [0.3, 0.4) is 0 Å². The van der Waals surface area contributed by atoms with E-state index >= 15 is 0 Å². The summed E-state index contributed by atoms with van der Waals surface area (Å²) in [5, 5.41) is 10.1. The first-order valence-corrected chi connectivity index (χ1v) is 9.86. The molecule has 7 nitrogen and oxygen atoms in total. The predicted molar refractivity (Wildman–Crippen MR) is 108 cm³/mol. The van der Waals surface area contributed by atoms with Crippen molar-refractivity contribution in [3.8, 4) is 5.75 Å². The average molecular weight is 396 g/mol. The number of fused-ring (bicyclic) bond motifs is 1. The minimum Gasteiger partial charge on any atom is -0.508 e.